The second-order valence-corrected chi connectivity index (χ2v) is 5.35. The lowest BCUT2D eigenvalue weighted by atomic mass is 10.1. The Morgan fingerprint density at radius 1 is 1.35 bits per heavy atom. The van der Waals surface area contributed by atoms with Gasteiger partial charge in [0.1, 0.15) is 0 Å². The smallest absolute Gasteiger partial charge is 0.165 e. The number of aliphatic hydroxyl groups is 1. The maximum atomic E-state index is 9.53. The van der Waals surface area contributed by atoms with E-state index in [9.17, 15) is 5.11 Å². The Morgan fingerprint density at radius 2 is 2.20 bits per heavy atom. The predicted octanol–water partition coefficient (Wildman–Crippen LogP) is 2.34. The highest BCUT2D eigenvalue weighted by atomic mass is 16.5. The molecule has 1 aliphatic carbocycles. The normalized spacial score (nSPS) is 21.9. The van der Waals surface area contributed by atoms with Crippen LogP contribution in [0.2, 0.25) is 0 Å². The molecule has 4 nitrogen and oxygen atoms in total. The van der Waals surface area contributed by atoms with Crippen molar-refractivity contribution in [2.75, 3.05) is 20.3 Å². The molecule has 2 unspecified atom stereocenters. The van der Waals surface area contributed by atoms with E-state index in [1.807, 2.05) is 19.1 Å². The minimum absolute atomic E-state index is 0.0994. The van der Waals surface area contributed by atoms with Gasteiger partial charge in [0.25, 0.3) is 0 Å². The summed E-state index contributed by atoms with van der Waals surface area (Å²) in [6, 6.07) is 5.97. The summed E-state index contributed by atoms with van der Waals surface area (Å²) >= 11 is 0. The molecule has 2 rings (SSSR count). The number of rotatable bonds is 7. The van der Waals surface area contributed by atoms with Crippen molar-refractivity contribution in [1.29, 1.82) is 0 Å². The molecule has 2 N–H and O–H groups in total. The number of benzene rings is 1. The Hall–Kier alpha value is -1.26. The molecule has 1 aromatic carbocycles. The average molecular weight is 279 g/mol. The number of methoxy groups -OCH3 is 1. The second kappa shape index (κ2) is 7.50. The van der Waals surface area contributed by atoms with Gasteiger partial charge in [-0.2, -0.15) is 0 Å². The summed E-state index contributed by atoms with van der Waals surface area (Å²) in [4.78, 5) is 0. The third kappa shape index (κ3) is 3.87. The van der Waals surface area contributed by atoms with Crippen LogP contribution in [0.4, 0.5) is 0 Å². The lowest BCUT2D eigenvalue weighted by Crippen LogP contribution is -2.21. The van der Waals surface area contributed by atoms with Gasteiger partial charge in [-0.05, 0) is 44.7 Å². The van der Waals surface area contributed by atoms with Gasteiger partial charge in [0.05, 0.1) is 19.8 Å². The van der Waals surface area contributed by atoms with Crippen molar-refractivity contribution in [3.8, 4) is 11.5 Å². The van der Waals surface area contributed by atoms with Gasteiger partial charge in [-0.3, -0.25) is 0 Å². The second-order valence-electron chi connectivity index (χ2n) is 5.35. The molecule has 1 saturated carbocycles. The fourth-order valence-electron chi connectivity index (χ4n) is 2.85. The Kier molecular flexibility index (Phi) is 5.68. The van der Waals surface area contributed by atoms with E-state index in [-0.39, 0.29) is 6.10 Å². The molecule has 0 spiro atoms. The Labute approximate surface area is 121 Å². The molecule has 0 amide bonds. The number of nitrogens with one attached hydrogen (secondary N) is 1. The standard InChI is InChI=1S/C16H25NO3/c1-3-20-15-6-4-5-13(16(15)19-2)11-17-10-12-7-8-14(18)9-12/h4-6,12,14,17-18H,3,7-11H2,1-2H3. The van der Waals surface area contributed by atoms with Crippen molar-refractivity contribution in [3.63, 3.8) is 0 Å². The van der Waals surface area contributed by atoms with Crippen LogP contribution in [-0.2, 0) is 6.54 Å². The molecule has 0 radical (unpaired) electrons. The van der Waals surface area contributed by atoms with E-state index < -0.39 is 0 Å². The van der Waals surface area contributed by atoms with Crippen molar-refractivity contribution in [2.45, 2.75) is 38.8 Å². The van der Waals surface area contributed by atoms with Crippen LogP contribution in [0.25, 0.3) is 0 Å². The number of hydrogen-bond donors (Lipinski definition) is 2. The van der Waals surface area contributed by atoms with Gasteiger partial charge in [0, 0.05) is 12.1 Å². The fraction of sp³-hybridized carbons (Fsp3) is 0.625. The van der Waals surface area contributed by atoms with Crippen molar-refractivity contribution < 1.29 is 14.6 Å². The molecule has 0 aliphatic heterocycles. The van der Waals surface area contributed by atoms with Gasteiger partial charge in [-0.25, -0.2) is 0 Å². The van der Waals surface area contributed by atoms with Crippen LogP contribution in [0.15, 0.2) is 18.2 Å². The van der Waals surface area contributed by atoms with Crippen LogP contribution < -0.4 is 14.8 Å². The van der Waals surface area contributed by atoms with Crippen LogP contribution >= 0.6 is 0 Å². The van der Waals surface area contributed by atoms with Gasteiger partial charge < -0.3 is 19.9 Å². The van der Waals surface area contributed by atoms with Gasteiger partial charge in [0.2, 0.25) is 0 Å². The molecule has 20 heavy (non-hydrogen) atoms. The first-order chi connectivity index (χ1) is 9.74. The van der Waals surface area contributed by atoms with E-state index in [2.05, 4.69) is 11.4 Å². The molecular weight excluding hydrogens is 254 g/mol. The third-order valence-electron chi connectivity index (χ3n) is 3.83. The zero-order valence-electron chi connectivity index (χ0n) is 12.4. The van der Waals surface area contributed by atoms with Crippen molar-refractivity contribution in [2.24, 2.45) is 5.92 Å². The average Bonchev–Trinajstić information content (AvgIpc) is 2.85. The van der Waals surface area contributed by atoms with Gasteiger partial charge >= 0.3 is 0 Å². The Balaban J connectivity index is 1.90. The van der Waals surface area contributed by atoms with Crippen molar-refractivity contribution >= 4 is 0 Å². The molecular formula is C16H25NO3. The van der Waals surface area contributed by atoms with Gasteiger partial charge in [-0.15, -0.1) is 0 Å². The lowest BCUT2D eigenvalue weighted by molar-refractivity contribution is 0.177. The van der Waals surface area contributed by atoms with E-state index in [4.69, 9.17) is 9.47 Å². The quantitative estimate of drug-likeness (QED) is 0.804. The minimum atomic E-state index is -0.0994. The highest BCUT2D eigenvalue weighted by Gasteiger charge is 2.22. The number of para-hydroxylation sites is 1. The molecule has 2 atom stereocenters. The third-order valence-corrected chi connectivity index (χ3v) is 3.83. The van der Waals surface area contributed by atoms with Crippen molar-refractivity contribution in [1.82, 2.24) is 5.32 Å². The van der Waals surface area contributed by atoms with Crippen LogP contribution in [0, 0.1) is 5.92 Å². The molecule has 1 aliphatic rings. The van der Waals surface area contributed by atoms with E-state index in [0.29, 0.717) is 12.5 Å². The summed E-state index contributed by atoms with van der Waals surface area (Å²) < 4.78 is 11.0. The maximum Gasteiger partial charge on any atom is 0.165 e. The van der Waals surface area contributed by atoms with E-state index in [1.54, 1.807) is 7.11 Å². The first kappa shape index (κ1) is 15.1. The SMILES string of the molecule is CCOc1cccc(CNCC2CCC(O)C2)c1OC. The molecule has 1 aromatic rings. The number of ether oxygens (including phenoxy) is 2. The monoisotopic (exact) mass is 279 g/mol. The largest absolute Gasteiger partial charge is 0.493 e. The minimum Gasteiger partial charge on any atom is -0.493 e. The fourth-order valence-corrected chi connectivity index (χ4v) is 2.85. The molecule has 4 heteroatoms. The zero-order chi connectivity index (χ0) is 14.4. The molecule has 0 saturated heterocycles. The molecule has 0 heterocycles. The highest BCUT2D eigenvalue weighted by Crippen LogP contribution is 2.31. The summed E-state index contributed by atoms with van der Waals surface area (Å²) in [5.74, 6) is 2.20. The first-order valence-electron chi connectivity index (χ1n) is 7.42. The Bertz CT molecular complexity index is 422. The molecule has 0 bridgehead atoms. The van der Waals surface area contributed by atoms with E-state index in [1.165, 1.54) is 0 Å². The topological polar surface area (TPSA) is 50.7 Å². The maximum absolute atomic E-state index is 9.53. The van der Waals surface area contributed by atoms with Crippen molar-refractivity contribution in [3.05, 3.63) is 23.8 Å². The zero-order valence-corrected chi connectivity index (χ0v) is 12.4. The van der Waals surface area contributed by atoms with Crippen LogP contribution in [0.3, 0.4) is 0 Å². The van der Waals surface area contributed by atoms with Gasteiger partial charge in [0.15, 0.2) is 11.5 Å². The first-order valence-corrected chi connectivity index (χ1v) is 7.42. The molecule has 1 fully saturated rings. The lowest BCUT2D eigenvalue weighted by Gasteiger charge is -2.15. The molecule has 112 valence electrons. The van der Waals surface area contributed by atoms with Gasteiger partial charge in [-0.1, -0.05) is 12.1 Å². The summed E-state index contributed by atoms with van der Waals surface area (Å²) in [6.07, 6.45) is 2.88. The summed E-state index contributed by atoms with van der Waals surface area (Å²) in [6.45, 7) is 4.30. The highest BCUT2D eigenvalue weighted by molar-refractivity contribution is 5.46. The van der Waals surface area contributed by atoms with E-state index >= 15 is 0 Å². The predicted molar refractivity (Wildman–Crippen MR) is 79.2 cm³/mol. The van der Waals surface area contributed by atoms with Crippen LogP contribution in [0.1, 0.15) is 31.7 Å². The molecule has 0 aromatic heterocycles. The van der Waals surface area contributed by atoms with Crippen LogP contribution in [-0.4, -0.2) is 31.5 Å². The van der Waals surface area contributed by atoms with E-state index in [0.717, 1.165) is 49.4 Å². The number of aliphatic hydroxyl groups excluding tert-OH is 1. The number of hydrogen-bond acceptors (Lipinski definition) is 4. The van der Waals surface area contributed by atoms with Crippen LogP contribution in [0.5, 0.6) is 11.5 Å². The summed E-state index contributed by atoms with van der Waals surface area (Å²) in [7, 11) is 1.68. The Morgan fingerprint density at radius 3 is 2.85 bits per heavy atom. The summed E-state index contributed by atoms with van der Waals surface area (Å²) in [5, 5.41) is 13.0. The summed E-state index contributed by atoms with van der Waals surface area (Å²) in [5.41, 5.74) is 1.11.